The van der Waals surface area contributed by atoms with Crippen molar-refractivity contribution in [2.75, 3.05) is 13.1 Å². The number of likely N-dealkylation sites (tertiary alicyclic amines) is 1. The highest BCUT2D eigenvalue weighted by Crippen LogP contribution is 2.22. The Labute approximate surface area is 165 Å². The molecule has 0 saturated carbocycles. The van der Waals surface area contributed by atoms with Crippen molar-refractivity contribution in [2.24, 2.45) is 0 Å². The molecule has 1 aromatic carbocycles. The van der Waals surface area contributed by atoms with Crippen molar-refractivity contribution in [1.82, 2.24) is 14.3 Å². The average molecular weight is 406 g/mol. The summed E-state index contributed by atoms with van der Waals surface area (Å²) >= 11 is 11.9. The SMILES string of the molecule is O=C(c1cn2cc(Cl)ccc2n1)N1CC[C@@H](O)[C@H](Oc2ccc(Cl)cc2)C1. The molecule has 0 bridgehead atoms. The van der Waals surface area contributed by atoms with E-state index in [1.165, 1.54) is 0 Å². The minimum atomic E-state index is -0.649. The monoisotopic (exact) mass is 405 g/mol. The number of amides is 1. The number of benzene rings is 1. The van der Waals surface area contributed by atoms with Crippen molar-refractivity contribution < 1.29 is 14.6 Å². The van der Waals surface area contributed by atoms with E-state index in [-0.39, 0.29) is 12.5 Å². The van der Waals surface area contributed by atoms with E-state index >= 15 is 0 Å². The molecule has 1 saturated heterocycles. The van der Waals surface area contributed by atoms with Gasteiger partial charge in [-0.15, -0.1) is 0 Å². The van der Waals surface area contributed by atoms with Crippen molar-refractivity contribution in [3.05, 3.63) is 64.5 Å². The van der Waals surface area contributed by atoms with Crippen LogP contribution in [-0.4, -0.2) is 50.6 Å². The first-order chi connectivity index (χ1) is 13.0. The summed E-state index contributed by atoms with van der Waals surface area (Å²) in [5.74, 6) is 0.395. The van der Waals surface area contributed by atoms with Crippen LogP contribution in [0.15, 0.2) is 48.8 Å². The summed E-state index contributed by atoms with van der Waals surface area (Å²) in [5, 5.41) is 11.4. The summed E-state index contributed by atoms with van der Waals surface area (Å²) in [4.78, 5) is 18.9. The number of hydrogen-bond donors (Lipinski definition) is 1. The molecular weight excluding hydrogens is 389 g/mol. The first-order valence-corrected chi connectivity index (χ1v) is 9.29. The van der Waals surface area contributed by atoms with Gasteiger partial charge in [-0.25, -0.2) is 4.98 Å². The summed E-state index contributed by atoms with van der Waals surface area (Å²) < 4.78 is 7.59. The van der Waals surface area contributed by atoms with Crippen LogP contribution in [0.2, 0.25) is 10.0 Å². The Bertz CT molecular complexity index is 974. The molecule has 6 nitrogen and oxygen atoms in total. The van der Waals surface area contributed by atoms with Gasteiger partial charge in [0.05, 0.1) is 17.7 Å². The van der Waals surface area contributed by atoms with Crippen LogP contribution in [0.1, 0.15) is 16.9 Å². The van der Waals surface area contributed by atoms with E-state index in [2.05, 4.69) is 4.98 Å². The normalized spacial score (nSPS) is 20.0. The second-order valence-corrected chi connectivity index (χ2v) is 7.33. The van der Waals surface area contributed by atoms with Gasteiger partial charge < -0.3 is 19.1 Å². The standard InChI is InChI=1S/C19H17Cl2N3O3/c20-12-1-4-14(5-2-12)27-17-11-23(8-7-16(17)25)19(26)15-10-24-9-13(21)3-6-18(24)22-15/h1-6,9-10,16-17,25H,7-8,11H2/t16-,17-/m1/s1. The number of imidazole rings is 1. The van der Waals surface area contributed by atoms with Gasteiger partial charge in [-0.1, -0.05) is 23.2 Å². The Morgan fingerprint density at radius 3 is 2.63 bits per heavy atom. The molecule has 4 rings (SSSR count). The third-order valence-corrected chi connectivity index (χ3v) is 5.02. The Morgan fingerprint density at radius 1 is 1.11 bits per heavy atom. The predicted molar refractivity (Wildman–Crippen MR) is 103 cm³/mol. The Hall–Kier alpha value is -2.28. The van der Waals surface area contributed by atoms with Crippen molar-refractivity contribution in [3.63, 3.8) is 0 Å². The fraction of sp³-hybridized carbons (Fsp3) is 0.263. The maximum Gasteiger partial charge on any atom is 0.274 e. The van der Waals surface area contributed by atoms with Gasteiger partial charge in [0, 0.05) is 24.0 Å². The molecule has 1 aliphatic rings. The van der Waals surface area contributed by atoms with Gasteiger partial charge in [-0.05, 0) is 42.8 Å². The van der Waals surface area contributed by atoms with E-state index in [1.807, 2.05) is 0 Å². The summed E-state index contributed by atoms with van der Waals surface area (Å²) in [6, 6.07) is 10.4. The zero-order chi connectivity index (χ0) is 19.0. The van der Waals surface area contributed by atoms with Crippen molar-refractivity contribution in [2.45, 2.75) is 18.6 Å². The smallest absolute Gasteiger partial charge is 0.274 e. The van der Waals surface area contributed by atoms with Crippen LogP contribution in [0.3, 0.4) is 0 Å². The Kier molecular flexibility index (Phi) is 4.95. The number of aliphatic hydroxyl groups excluding tert-OH is 1. The minimum absolute atomic E-state index is 0.202. The van der Waals surface area contributed by atoms with Gasteiger partial charge in [-0.3, -0.25) is 4.79 Å². The summed E-state index contributed by atoms with van der Waals surface area (Å²) in [6.07, 6.45) is 2.62. The van der Waals surface area contributed by atoms with Crippen LogP contribution < -0.4 is 4.74 Å². The van der Waals surface area contributed by atoms with E-state index in [1.54, 1.807) is 58.1 Å². The molecule has 140 valence electrons. The fourth-order valence-electron chi connectivity index (χ4n) is 3.12. The molecule has 1 amide bonds. The van der Waals surface area contributed by atoms with Gasteiger partial charge in [0.25, 0.3) is 5.91 Å². The number of halogens is 2. The Morgan fingerprint density at radius 2 is 1.85 bits per heavy atom. The molecule has 2 atom stereocenters. The number of nitrogens with zero attached hydrogens (tertiary/aromatic N) is 3. The number of fused-ring (bicyclic) bond motifs is 1. The molecule has 3 aromatic rings. The first kappa shape index (κ1) is 18.1. The topological polar surface area (TPSA) is 67.1 Å². The van der Waals surface area contributed by atoms with Gasteiger partial charge in [-0.2, -0.15) is 0 Å². The number of hydrogen-bond acceptors (Lipinski definition) is 4. The highest BCUT2D eigenvalue weighted by Gasteiger charge is 2.33. The maximum atomic E-state index is 12.9. The van der Waals surface area contributed by atoms with E-state index in [4.69, 9.17) is 27.9 Å². The number of pyridine rings is 1. The summed E-state index contributed by atoms with van der Waals surface area (Å²) in [5.41, 5.74) is 0.979. The third-order valence-electron chi connectivity index (χ3n) is 4.55. The van der Waals surface area contributed by atoms with E-state index in [0.717, 1.165) is 0 Å². The summed E-state index contributed by atoms with van der Waals surface area (Å²) in [7, 11) is 0. The van der Waals surface area contributed by atoms with E-state index < -0.39 is 12.2 Å². The van der Waals surface area contributed by atoms with Crippen LogP contribution >= 0.6 is 23.2 Å². The molecule has 1 fully saturated rings. The molecule has 0 radical (unpaired) electrons. The van der Waals surface area contributed by atoms with Crippen LogP contribution in [0.5, 0.6) is 5.75 Å². The number of carbonyl (C=O) groups excluding carboxylic acids is 1. The molecule has 3 heterocycles. The van der Waals surface area contributed by atoms with E-state index in [0.29, 0.717) is 40.1 Å². The third kappa shape index (κ3) is 3.88. The molecule has 0 unspecified atom stereocenters. The number of ether oxygens (including phenoxy) is 1. The number of rotatable bonds is 3. The van der Waals surface area contributed by atoms with Crippen molar-refractivity contribution in [3.8, 4) is 5.75 Å². The first-order valence-electron chi connectivity index (χ1n) is 8.53. The number of aliphatic hydroxyl groups is 1. The number of piperidine rings is 1. The second-order valence-electron chi connectivity index (χ2n) is 6.46. The van der Waals surface area contributed by atoms with Crippen molar-refractivity contribution >= 4 is 34.8 Å². The zero-order valence-electron chi connectivity index (χ0n) is 14.3. The Balaban J connectivity index is 1.50. The molecule has 1 N–H and O–H groups in total. The quantitative estimate of drug-likeness (QED) is 0.725. The number of carbonyl (C=O) groups is 1. The van der Waals surface area contributed by atoms with Crippen LogP contribution in [0.25, 0.3) is 5.65 Å². The molecule has 0 spiro atoms. The lowest BCUT2D eigenvalue weighted by Gasteiger charge is -2.35. The van der Waals surface area contributed by atoms with Gasteiger partial charge in [0.1, 0.15) is 23.2 Å². The average Bonchev–Trinajstić information content (AvgIpc) is 3.08. The van der Waals surface area contributed by atoms with E-state index in [9.17, 15) is 9.90 Å². The van der Waals surface area contributed by atoms with Crippen LogP contribution in [-0.2, 0) is 0 Å². The zero-order valence-corrected chi connectivity index (χ0v) is 15.8. The largest absolute Gasteiger partial charge is 0.486 e. The number of aromatic nitrogens is 2. The molecule has 0 aliphatic carbocycles. The molecule has 8 heteroatoms. The minimum Gasteiger partial charge on any atom is -0.486 e. The fourth-order valence-corrected chi connectivity index (χ4v) is 3.42. The summed E-state index contributed by atoms with van der Waals surface area (Å²) in [6.45, 7) is 0.715. The highest BCUT2D eigenvalue weighted by molar-refractivity contribution is 6.30. The lowest BCUT2D eigenvalue weighted by atomic mass is 10.0. The molecule has 1 aliphatic heterocycles. The van der Waals surface area contributed by atoms with Gasteiger partial charge in [0.15, 0.2) is 0 Å². The molecular formula is C19H17Cl2N3O3. The van der Waals surface area contributed by atoms with Gasteiger partial charge in [0.2, 0.25) is 0 Å². The predicted octanol–water partition coefficient (Wildman–Crippen LogP) is 3.30. The van der Waals surface area contributed by atoms with Crippen LogP contribution in [0, 0.1) is 0 Å². The molecule has 27 heavy (non-hydrogen) atoms. The van der Waals surface area contributed by atoms with Crippen LogP contribution in [0.4, 0.5) is 0 Å². The lowest BCUT2D eigenvalue weighted by Crippen LogP contribution is -2.51. The lowest BCUT2D eigenvalue weighted by molar-refractivity contribution is -0.0193. The molecule has 2 aromatic heterocycles. The van der Waals surface area contributed by atoms with Crippen molar-refractivity contribution in [1.29, 1.82) is 0 Å². The maximum absolute atomic E-state index is 12.9. The highest BCUT2D eigenvalue weighted by atomic mass is 35.5. The van der Waals surface area contributed by atoms with Gasteiger partial charge >= 0.3 is 0 Å². The second kappa shape index (κ2) is 7.38.